The summed E-state index contributed by atoms with van der Waals surface area (Å²) >= 11 is 0. The van der Waals surface area contributed by atoms with Gasteiger partial charge in [-0.05, 0) is 19.1 Å². The third kappa shape index (κ3) is 4.21. The minimum atomic E-state index is -0.720. The van der Waals surface area contributed by atoms with Gasteiger partial charge >= 0.3 is 6.03 Å². The molecule has 6 nitrogen and oxygen atoms in total. The van der Waals surface area contributed by atoms with Crippen LogP contribution in [0.15, 0.2) is 34.7 Å². The number of urea groups is 1. The Balaban J connectivity index is 1.88. The van der Waals surface area contributed by atoms with Crippen LogP contribution in [0.1, 0.15) is 18.7 Å². The monoisotopic (exact) mass is 292 g/mol. The molecule has 0 saturated carbocycles. The number of benzene rings is 1. The van der Waals surface area contributed by atoms with Crippen LogP contribution in [-0.2, 0) is 4.74 Å². The number of carbonyl (C=O) groups excluding carboxylic acids is 1. The molecule has 0 fully saturated rings. The van der Waals surface area contributed by atoms with Gasteiger partial charge in [0.15, 0.2) is 0 Å². The Morgan fingerprint density at radius 3 is 2.90 bits per heavy atom. The molecule has 0 bridgehead atoms. The Morgan fingerprint density at radius 1 is 1.43 bits per heavy atom. The zero-order chi connectivity index (χ0) is 15.2. The van der Waals surface area contributed by atoms with E-state index in [0.717, 1.165) is 11.0 Å². The lowest BCUT2D eigenvalue weighted by molar-refractivity contribution is 0.0659. The Hall–Kier alpha value is -2.05. The summed E-state index contributed by atoms with van der Waals surface area (Å²) in [5.74, 6) is 0.684. The molecular formula is C15H20N2O4. The van der Waals surface area contributed by atoms with Crippen molar-refractivity contribution in [3.63, 3.8) is 0 Å². The van der Waals surface area contributed by atoms with E-state index in [1.165, 1.54) is 7.11 Å². The number of nitrogens with one attached hydrogen (secondary N) is 2. The van der Waals surface area contributed by atoms with Gasteiger partial charge in [-0.15, -0.1) is 0 Å². The maximum Gasteiger partial charge on any atom is 0.315 e. The van der Waals surface area contributed by atoms with Crippen LogP contribution in [0.25, 0.3) is 11.0 Å². The SMILES string of the molecule is COCC(O)CNC(=O)NC(C)c1cc2ccccc2o1. The average Bonchev–Trinajstić information content (AvgIpc) is 2.89. The van der Waals surface area contributed by atoms with Crippen LogP contribution in [0.5, 0.6) is 0 Å². The third-order valence-electron chi connectivity index (χ3n) is 3.08. The van der Waals surface area contributed by atoms with Gasteiger partial charge in [0.25, 0.3) is 0 Å². The second-order valence-electron chi connectivity index (χ2n) is 4.87. The number of methoxy groups -OCH3 is 1. The minimum absolute atomic E-state index is 0.131. The molecule has 0 saturated heterocycles. The van der Waals surface area contributed by atoms with Gasteiger partial charge in [0.1, 0.15) is 11.3 Å². The highest BCUT2D eigenvalue weighted by atomic mass is 16.5. The van der Waals surface area contributed by atoms with Gasteiger partial charge < -0.3 is 24.9 Å². The largest absolute Gasteiger partial charge is 0.459 e. The van der Waals surface area contributed by atoms with Crippen LogP contribution < -0.4 is 10.6 Å². The predicted octanol–water partition coefficient (Wildman–Crippen LogP) is 1.80. The van der Waals surface area contributed by atoms with Gasteiger partial charge in [-0.3, -0.25) is 0 Å². The fourth-order valence-corrected chi connectivity index (χ4v) is 2.00. The number of hydrogen-bond acceptors (Lipinski definition) is 4. The molecule has 3 N–H and O–H groups in total. The van der Waals surface area contributed by atoms with E-state index in [4.69, 9.17) is 9.15 Å². The van der Waals surface area contributed by atoms with Crippen LogP contribution in [-0.4, -0.2) is 37.5 Å². The van der Waals surface area contributed by atoms with Crippen molar-refractivity contribution in [2.45, 2.75) is 19.1 Å². The maximum atomic E-state index is 11.7. The number of carbonyl (C=O) groups is 1. The Morgan fingerprint density at radius 2 is 2.19 bits per heavy atom. The zero-order valence-electron chi connectivity index (χ0n) is 12.1. The van der Waals surface area contributed by atoms with Gasteiger partial charge in [0.2, 0.25) is 0 Å². The zero-order valence-corrected chi connectivity index (χ0v) is 12.1. The van der Waals surface area contributed by atoms with Crippen LogP contribution in [0, 0.1) is 0 Å². The van der Waals surface area contributed by atoms with E-state index in [9.17, 15) is 9.90 Å². The minimum Gasteiger partial charge on any atom is -0.459 e. The second kappa shape index (κ2) is 7.10. The highest BCUT2D eigenvalue weighted by molar-refractivity contribution is 5.78. The van der Waals surface area contributed by atoms with E-state index in [1.54, 1.807) is 0 Å². The molecule has 0 aliphatic carbocycles. The van der Waals surface area contributed by atoms with Crippen molar-refractivity contribution >= 4 is 17.0 Å². The van der Waals surface area contributed by atoms with Crippen LogP contribution in [0.3, 0.4) is 0 Å². The molecule has 0 radical (unpaired) electrons. The highest BCUT2D eigenvalue weighted by Gasteiger charge is 2.14. The molecule has 0 aliphatic rings. The number of furan rings is 1. The standard InChI is InChI=1S/C15H20N2O4/c1-10(17-15(19)16-8-12(18)9-20-2)14-7-11-5-3-4-6-13(11)21-14/h3-7,10,12,18H,8-9H2,1-2H3,(H2,16,17,19). The fourth-order valence-electron chi connectivity index (χ4n) is 2.00. The Labute approximate surface area is 123 Å². The third-order valence-corrected chi connectivity index (χ3v) is 3.08. The van der Waals surface area contributed by atoms with Gasteiger partial charge in [0.05, 0.1) is 18.8 Å². The molecule has 2 unspecified atom stereocenters. The number of fused-ring (bicyclic) bond motifs is 1. The number of aliphatic hydroxyl groups is 1. The second-order valence-corrected chi connectivity index (χ2v) is 4.87. The molecule has 0 aliphatic heterocycles. The normalized spacial score (nSPS) is 13.9. The Bertz CT molecular complexity index is 563. The lowest BCUT2D eigenvalue weighted by atomic mass is 10.2. The van der Waals surface area contributed by atoms with E-state index in [2.05, 4.69) is 10.6 Å². The summed E-state index contributed by atoms with van der Waals surface area (Å²) < 4.78 is 10.5. The van der Waals surface area contributed by atoms with E-state index in [1.807, 2.05) is 37.3 Å². The summed E-state index contributed by atoms with van der Waals surface area (Å²) in [5, 5.41) is 15.8. The van der Waals surface area contributed by atoms with Crippen molar-refractivity contribution in [1.82, 2.24) is 10.6 Å². The fraction of sp³-hybridized carbons (Fsp3) is 0.400. The van der Waals surface area contributed by atoms with E-state index in [-0.39, 0.29) is 25.2 Å². The number of aliphatic hydroxyl groups excluding tert-OH is 1. The summed E-state index contributed by atoms with van der Waals surface area (Å²) in [6, 6.07) is 8.94. The first-order valence-electron chi connectivity index (χ1n) is 6.80. The first-order valence-corrected chi connectivity index (χ1v) is 6.80. The van der Waals surface area contributed by atoms with Crippen LogP contribution in [0.4, 0.5) is 4.79 Å². The average molecular weight is 292 g/mol. The summed E-state index contributed by atoms with van der Waals surface area (Å²) in [4.78, 5) is 11.7. The summed E-state index contributed by atoms with van der Waals surface area (Å²) in [7, 11) is 1.49. The first kappa shape index (κ1) is 15.3. The number of para-hydroxylation sites is 1. The van der Waals surface area contributed by atoms with Gasteiger partial charge in [-0.1, -0.05) is 18.2 Å². The van der Waals surface area contributed by atoms with Crippen molar-refractivity contribution in [3.05, 3.63) is 36.1 Å². The van der Waals surface area contributed by atoms with Crippen LogP contribution in [0.2, 0.25) is 0 Å². The molecule has 114 valence electrons. The van der Waals surface area contributed by atoms with Crippen molar-refractivity contribution in [1.29, 1.82) is 0 Å². The van der Waals surface area contributed by atoms with E-state index >= 15 is 0 Å². The van der Waals surface area contributed by atoms with Crippen LogP contribution >= 0.6 is 0 Å². The van der Waals surface area contributed by atoms with Gasteiger partial charge in [0, 0.05) is 19.0 Å². The lowest BCUT2D eigenvalue weighted by Crippen LogP contribution is -2.41. The summed E-state index contributed by atoms with van der Waals surface area (Å²) in [6.45, 7) is 2.15. The number of hydrogen-bond donors (Lipinski definition) is 3. The topological polar surface area (TPSA) is 83.7 Å². The number of rotatable bonds is 6. The van der Waals surface area contributed by atoms with E-state index in [0.29, 0.717) is 5.76 Å². The van der Waals surface area contributed by atoms with Gasteiger partial charge in [-0.2, -0.15) is 0 Å². The first-order chi connectivity index (χ1) is 10.1. The molecule has 1 aromatic heterocycles. The number of ether oxygens (including phenoxy) is 1. The molecule has 2 amide bonds. The molecule has 0 spiro atoms. The summed E-state index contributed by atoms with van der Waals surface area (Å²) in [6.07, 6.45) is -0.720. The molecule has 1 heterocycles. The molecule has 1 aromatic carbocycles. The van der Waals surface area contributed by atoms with Crippen molar-refractivity contribution in [3.8, 4) is 0 Å². The predicted molar refractivity (Wildman–Crippen MR) is 79.0 cm³/mol. The molecule has 6 heteroatoms. The van der Waals surface area contributed by atoms with Crippen molar-refractivity contribution in [2.75, 3.05) is 20.3 Å². The molecule has 2 aromatic rings. The summed E-state index contributed by atoms with van der Waals surface area (Å²) in [5.41, 5.74) is 0.789. The Kier molecular flexibility index (Phi) is 5.19. The smallest absolute Gasteiger partial charge is 0.315 e. The number of amides is 2. The van der Waals surface area contributed by atoms with Gasteiger partial charge in [-0.25, -0.2) is 4.79 Å². The molecule has 21 heavy (non-hydrogen) atoms. The maximum absolute atomic E-state index is 11.7. The molecule has 2 atom stereocenters. The lowest BCUT2D eigenvalue weighted by Gasteiger charge is -2.14. The quantitative estimate of drug-likeness (QED) is 0.758. The molecule has 2 rings (SSSR count). The highest BCUT2D eigenvalue weighted by Crippen LogP contribution is 2.23. The molecular weight excluding hydrogens is 272 g/mol. The van der Waals surface area contributed by atoms with Crippen molar-refractivity contribution in [2.24, 2.45) is 0 Å². The van der Waals surface area contributed by atoms with E-state index < -0.39 is 6.10 Å². The van der Waals surface area contributed by atoms with Crippen molar-refractivity contribution < 1.29 is 19.1 Å².